The van der Waals surface area contributed by atoms with Crippen LogP contribution in [0.4, 0.5) is 0 Å². The molecule has 3 rings (SSSR count). The minimum Gasteiger partial charge on any atom is -0.468 e. The molecule has 0 amide bonds. The molecule has 1 saturated carbocycles. The molecule has 6 heteroatoms. The SMILES string of the molecule is COC(=O)[C@@H]1C[C@H](C(=O)O[C@@H]2C[C@H](C)CC[C@H]2C(C)C)[C@H](c2ccc(C#C[Si](C)(C)C)cc2)N1. The van der Waals surface area contributed by atoms with Crippen molar-refractivity contribution in [2.75, 3.05) is 7.11 Å². The molecule has 1 heterocycles. The summed E-state index contributed by atoms with van der Waals surface area (Å²) in [6.45, 7) is 13.3. The topological polar surface area (TPSA) is 64.6 Å². The van der Waals surface area contributed by atoms with Crippen molar-refractivity contribution in [3.05, 3.63) is 35.4 Å². The lowest BCUT2D eigenvalue weighted by Gasteiger charge is -2.37. The van der Waals surface area contributed by atoms with Gasteiger partial charge in [-0.25, -0.2) is 0 Å². The summed E-state index contributed by atoms with van der Waals surface area (Å²) >= 11 is 0. The monoisotopic (exact) mass is 483 g/mol. The molecule has 1 N–H and O–H groups in total. The Balaban J connectivity index is 1.81. The Labute approximate surface area is 206 Å². The molecule has 2 aliphatic rings. The molecule has 6 atom stereocenters. The lowest BCUT2D eigenvalue weighted by atomic mass is 9.75. The van der Waals surface area contributed by atoms with Crippen molar-refractivity contribution in [3.8, 4) is 11.5 Å². The van der Waals surface area contributed by atoms with Crippen LogP contribution in [0.25, 0.3) is 0 Å². The van der Waals surface area contributed by atoms with Gasteiger partial charge in [0.15, 0.2) is 0 Å². The molecule has 0 aromatic heterocycles. The largest absolute Gasteiger partial charge is 0.468 e. The van der Waals surface area contributed by atoms with Gasteiger partial charge in [-0.1, -0.05) is 64.9 Å². The summed E-state index contributed by atoms with van der Waals surface area (Å²) in [7, 11) is -0.0753. The van der Waals surface area contributed by atoms with E-state index in [1.165, 1.54) is 13.5 Å². The summed E-state index contributed by atoms with van der Waals surface area (Å²) in [5.74, 6) is 3.68. The van der Waals surface area contributed by atoms with Gasteiger partial charge in [0.1, 0.15) is 20.2 Å². The van der Waals surface area contributed by atoms with Crippen LogP contribution in [0.1, 0.15) is 63.6 Å². The summed E-state index contributed by atoms with van der Waals surface area (Å²) in [6, 6.07) is 7.18. The lowest BCUT2D eigenvalue weighted by molar-refractivity contribution is -0.161. The van der Waals surface area contributed by atoms with Crippen LogP contribution in [0.3, 0.4) is 0 Å². The molecular weight excluding hydrogens is 442 g/mol. The summed E-state index contributed by atoms with van der Waals surface area (Å²) in [5, 5.41) is 3.34. The molecule has 34 heavy (non-hydrogen) atoms. The number of benzene rings is 1. The van der Waals surface area contributed by atoms with Crippen LogP contribution >= 0.6 is 0 Å². The highest BCUT2D eigenvalue weighted by atomic mass is 28.3. The van der Waals surface area contributed by atoms with E-state index in [2.05, 4.69) is 57.2 Å². The molecule has 1 aliphatic carbocycles. The maximum Gasteiger partial charge on any atom is 0.322 e. The average Bonchev–Trinajstić information content (AvgIpc) is 3.22. The molecule has 0 spiro atoms. The number of hydrogen-bond donors (Lipinski definition) is 1. The van der Waals surface area contributed by atoms with Gasteiger partial charge in [-0.2, -0.15) is 0 Å². The van der Waals surface area contributed by atoms with Gasteiger partial charge >= 0.3 is 11.9 Å². The Morgan fingerprint density at radius 1 is 1.06 bits per heavy atom. The van der Waals surface area contributed by atoms with E-state index in [0.29, 0.717) is 24.2 Å². The van der Waals surface area contributed by atoms with E-state index in [1.54, 1.807) is 0 Å². The molecule has 1 aliphatic heterocycles. The number of nitrogens with one attached hydrogen (secondary N) is 1. The van der Waals surface area contributed by atoms with E-state index in [9.17, 15) is 9.59 Å². The van der Waals surface area contributed by atoms with Gasteiger partial charge in [0, 0.05) is 11.6 Å². The van der Waals surface area contributed by atoms with Crippen molar-refractivity contribution < 1.29 is 19.1 Å². The number of rotatable bonds is 5. The number of hydrogen-bond acceptors (Lipinski definition) is 5. The zero-order valence-electron chi connectivity index (χ0n) is 21.8. The second-order valence-corrected chi connectivity index (χ2v) is 16.2. The maximum atomic E-state index is 13.5. The highest BCUT2D eigenvalue weighted by molar-refractivity contribution is 6.83. The molecule has 1 aromatic carbocycles. The predicted octanol–water partition coefficient (Wildman–Crippen LogP) is 5.11. The Kier molecular flexibility index (Phi) is 8.65. The number of esters is 2. The van der Waals surface area contributed by atoms with Gasteiger partial charge < -0.3 is 9.47 Å². The molecule has 0 radical (unpaired) electrons. The Morgan fingerprint density at radius 3 is 2.32 bits per heavy atom. The second kappa shape index (κ2) is 11.1. The first-order chi connectivity index (χ1) is 16.0. The lowest BCUT2D eigenvalue weighted by Crippen LogP contribution is -2.38. The van der Waals surface area contributed by atoms with E-state index >= 15 is 0 Å². The Morgan fingerprint density at radius 2 is 1.74 bits per heavy atom. The van der Waals surface area contributed by atoms with Crippen LogP contribution in [-0.2, 0) is 19.1 Å². The van der Waals surface area contributed by atoms with Crippen LogP contribution in [0.2, 0.25) is 19.6 Å². The van der Waals surface area contributed by atoms with Crippen LogP contribution in [0.5, 0.6) is 0 Å². The fourth-order valence-electron chi connectivity index (χ4n) is 5.18. The summed E-state index contributed by atoms with van der Waals surface area (Å²) < 4.78 is 11.2. The highest BCUT2D eigenvalue weighted by Crippen LogP contribution is 2.39. The molecule has 2 fully saturated rings. The third-order valence-electron chi connectivity index (χ3n) is 7.14. The van der Waals surface area contributed by atoms with Gasteiger partial charge in [0.05, 0.1) is 13.0 Å². The standard InChI is InChI=1S/C28H41NO4Si/c1-18(2)22-13-8-19(3)16-25(22)33-27(30)23-17-24(28(31)32-4)29-26(23)21-11-9-20(10-12-21)14-15-34(5,6)7/h9-12,18-19,22-26,29H,8,13,16-17H2,1-7H3/t19-,22+,23+,24+,25-,26+/m1/s1. The summed E-state index contributed by atoms with van der Waals surface area (Å²) in [5.41, 5.74) is 5.31. The van der Waals surface area contributed by atoms with Crippen molar-refractivity contribution in [1.29, 1.82) is 0 Å². The molecule has 1 aromatic rings. The van der Waals surface area contributed by atoms with Crippen molar-refractivity contribution >= 4 is 20.0 Å². The normalized spacial score (nSPS) is 29.3. The molecule has 1 saturated heterocycles. The first-order valence-corrected chi connectivity index (χ1v) is 16.2. The van der Waals surface area contributed by atoms with E-state index in [0.717, 1.165) is 24.0 Å². The zero-order chi connectivity index (χ0) is 25.0. The van der Waals surface area contributed by atoms with Gasteiger partial charge in [-0.05, 0) is 54.7 Å². The number of carbonyl (C=O) groups excluding carboxylic acids is 2. The Hall–Kier alpha value is -2.10. The number of carbonyl (C=O) groups is 2. The van der Waals surface area contributed by atoms with Crippen LogP contribution in [0.15, 0.2) is 24.3 Å². The van der Waals surface area contributed by atoms with Crippen LogP contribution < -0.4 is 5.32 Å². The second-order valence-electron chi connectivity index (χ2n) is 11.5. The molecule has 0 unspecified atom stereocenters. The molecule has 186 valence electrons. The third-order valence-corrected chi connectivity index (χ3v) is 8.02. The average molecular weight is 484 g/mol. The molecule has 5 nitrogen and oxygen atoms in total. The van der Waals surface area contributed by atoms with Crippen molar-refractivity contribution in [2.24, 2.45) is 23.7 Å². The third kappa shape index (κ3) is 6.73. The van der Waals surface area contributed by atoms with Gasteiger partial charge in [-0.15, -0.1) is 5.54 Å². The maximum absolute atomic E-state index is 13.5. The summed E-state index contributed by atoms with van der Waals surface area (Å²) in [4.78, 5) is 25.8. The van der Waals surface area contributed by atoms with Crippen molar-refractivity contribution in [1.82, 2.24) is 5.32 Å². The van der Waals surface area contributed by atoms with Crippen molar-refractivity contribution in [2.45, 2.75) is 84.3 Å². The number of methoxy groups -OCH3 is 1. The van der Waals surface area contributed by atoms with Gasteiger partial charge in [-0.3, -0.25) is 14.9 Å². The Bertz CT molecular complexity index is 924. The smallest absolute Gasteiger partial charge is 0.322 e. The zero-order valence-corrected chi connectivity index (χ0v) is 22.8. The van der Waals surface area contributed by atoms with E-state index < -0.39 is 20.0 Å². The first-order valence-electron chi connectivity index (χ1n) is 12.7. The molecular formula is C28H41NO4Si. The van der Waals surface area contributed by atoms with E-state index in [-0.39, 0.29) is 24.1 Å². The summed E-state index contributed by atoms with van der Waals surface area (Å²) in [6.07, 6.45) is 3.50. The number of ether oxygens (including phenoxy) is 2. The predicted molar refractivity (Wildman–Crippen MR) is 138 cm³/mol. The fraction of sp³-hybridized carbons (Fsp3) is 0.643. The molecule has 0 bridgehead atoms. The van der Waals surface area contributed by atoms with E-state index in [1.807, 2.05) is 24.3 Å². The quantitative estimate of drug-likeness (QED) is 0.358. The minimum atomic E-state index is -1.46. The minimum absolute atomic E-state index is 0.0618. The van der Waals surface area contributed by atoms with Crippen LogP contribution in [0, 0.1) is 35.1 Å². The highest BCUT2D eigenvalue weighted by Gasteiger charge is 2.45. The van der Waals surface area contributed by atoms with Gasteiger partial charge in [0.25, 0.3) is 0 Å². The van der Waals surface area contributed by atoms with E-state index in [4.69, 9.17) is 9.47 Å². The first kappa shape index (κ1) is 26.5. The van der Waals surface area contributed by atoms with Crippen molar-refractivity contribution in [3.63, 3.8) is 0 Å². The fourth-order valence-corrected chi connectivity index (χ4v) is 5.70. The van der Waals surface area contributed by atoms with Gasteiger partial charge in [0.2, 0.25) is 0 Å². The van der Waals surface area contributed by atoms with Crippen LogP contribution in [-0.4, -0.2) is 39.3 Å².